The van der Waals surface area contributed by atoms with E-state index in [2.05, 4.69) is 20.7 Å². The van der Waals surface area contributed by atoms with Crippen LogP contribution in [0.15, 0.2) is 34.3 Å². The Morgan fingerprint density at radius 3 is 2.58 bits per heavy atom. The van der Waals surface area contributed by atoms with Gasteiger partial charge in [-0.25, -0.2) is 4.79 Å². The van der Waals surface area contributed by atoms with E-state index in [0.717, 1.165) is 4.47 Å². The van der Waals surface area contributed by atoms with E-state index in [-0.39, 0.29) is 12.2 Å². The molecule has 0 bridgehead atoms. The maximum absolute atomic E-state index is 11.6. The largest absolute Gasteiger partial charge is 0.450 e. The Balaban J connectivity index is 2.83. The summed E-state index contributed by atoms with van der Waals surface area (Å²) < 4.78 is 5.45. The lowest BCUT2D eigenvalue weighted by atomic mass is 10.1. The molecule has 0 spiro atoms. The van der Waals surface area contributed by atoms with Crippen molar-refractivity contribution < 1.29 is 14.3 Å². The summed E-state index contributed by atoms with van der Waals surface area (Å²) in [6.07, 6.45) is 0.519. The van der Waals surface area contributed by atoms with Crippen LogP contribution < -0.4 is 5.32 Å². The second kappa shape index (κ2) is 7.34. The van der Waals surface area contributed by atoms with Crippen LogP contribution in [0, 0.1) is 11.3 Å². The molecule has 0 aromatic heterocycles. The van der Waals surface area contributed by atoms with Gasteiger partial charge in [-0.05, 0) is 30.7 Å². The fourth-order valence-electron chi connectivity index (χ4n) is 1.20. The molecule has 6 heteroatoms. The van der Waals surface area contributed by atoms with Gasteiger partial charge in [-0.1, -0.05) is 28.1 Å². The number of carbonyl (C=O) groups excluding carboxylic acids is 2. The van der Waals surface area contributed by atoms with Gasteiger partial charge in [-0.3, -0.25) is 10.1 Å². The number of nitrogens with one attached hydrogen (secondary N) is 1. The number of imide groups is 1. The van der Waals surface area contributed by atoms with Crippen LogP contribution in [0.25, 0.3) is 6.08 Å². The first kappa shape index (κ1) is 14.9. The number of benzene rings is 1. The predicted octanol–water partition coefficient (Wildman–Crippen LogP) is 2.63. The van der Waals surface area contributed by atoms with Crippen molar-refractivity contribution in [3.05, 3.63) is 39.9 Å². The monoisotopic (exact) mass is 322 g/mol. The average molecular weight is 323 g/mol. The van der Waals surface area contributed by atoms with Gasteiger partial charge >= 0.3 is 6.09 Å². The Morgan fingerprint density at radius 1 is 1.42 bits per heavy atom. The molecule has 1 aromatic carbocycles. The van der Waals surface area contributed by atoms with Crippen molar-refractivity contribution >= 4 is 34.0 Å². The molecule has 5 nitrogen and oxygen atoms in total. The fraction of sp³-hybridized carbons (Fsp3) is 0.154. The second-order valence-corrected chi connectivity index (χ2v) is 4.31. The van der Waals surface area contributed by atoms with Gasteiger partial charge in [0.05, 0.1) is 6.61 Å². The number of amides is 2. The van der Waals surface area contributed by atoms with Crippen molar-refractivity contribution in [2.24, 2.45) is 0 Å². The van der Waals surface area contributed by atoms with Gasteiger partial charge in [-0.2, -0.15) is 5.26 Å². The van der Waals surface area contributed by atoms with E-state index in [9.17, 15) is 9.59 Å². The Morgan fingerprint density at radius 2 is 2.05 bits per heavy atom. The summed E-state index contributed by atoms with van der Waals surface area (Å²) in [6.45, 7) is 1.77. The van der Waals surface area contributed by atoms with Gasteiger partial charge in [0.1, 0.15) is 11.6 Å². The van der Waals surface area contributed by atoms with Crippen LogP contribution in [-0.4, -0.2) is 18.6 Å². The van der Waals surface area contributed by atoms with Crippen LogP contribution in [0.2, 0.25) is 0 Å². The number of alkyl carbamates (subject to hydrolysis) is 1. The van der Waals surface area contributed by atoms with Gasteiger partial charge < -0.3 is 4.74 Å². The first-order chi connectivity index (χ1) is 9.06. The average Bonchev–Trinajstić information content (AvgIpc) is 2.38. The third kappa shape index (κ3) is 4.94. The molecule has 1 aromatic rings. The number of nitriles is 1. The number of carbonyl (C=O) groups is 2. The fourth-order valence-corrected chi connectivity index (χ4v) is 1.47. The van der Waals surface area contributed by atoms with Gasteiger partial charge in [0.15, 0.2) is 0 Å². The van der Waals surface area contributed by atoms with Crippen molar-refractivity contribution in [2.75, 3.05) is 6.61 Å². The number of hydrogen-bond donors (Lipinski definition) is 1. The molecule has 0 fully saturated rings. The van der Waals surface area contributed by atoms with Crippen molar-refractivity contribution in [2.45, 2.75) is 6.92 Å². The molecule has 1 N–H and O–H groups in total. The quantitative estimate of drug-likeness (QED) is 0.685. The minimum atomic E-state index is -0.871. The van der Waals surface area contributed by atoms with Gasteiger partial charge in [0.25, 0.3) is 5.91 Å². The van der Waals surface area contributed by atoms with Crippen molar-refractivity contribution in [1.82, 2.24) is 5.32 Å². The maximum Gasteiger partial charge on any atom is 0.414 e. The maximum atomic E-state index is 11.6. The summed E-state index contributed by atoms with van der Waals surface area (Å²) in [5, 5.41) is 10.9. The van der Waals surface area contributed by atoms with Crippen LogP contribution in [0.4, 0.5) is 4.79 Å². The van der Waals surface area contributed by atoms with Crippen molar-refractivity contribution in [3.63, 3.8) is 0 Å². The first-order valence-corrected chi connectivity index (χ1v) is 6.21. The van der Waals surface area contributed by atoms with E-state index < -0.39 is 12.0 Å². The van der Waals surface area contributed by atoms with Gasteiger partial charge in [0, 0.05) is 4.47 Å². The summed E-state index contributed by atoms with van der Waals surface area (Å²) in [5.41, 5.74) is 0.508. The van der Waals surface area contributed by atoms with E-state index in [1.165, 1.54) is 6.08 Å². The van der Waals surface area contributed by atoms with E-state index in [0.29, 0.717) is 5.56 Å². The smallest absolute Gasteiger partial charge is 0.414 e. The minimum Gasteiger partial charge on any atom is -0.450 e. The molecule has 0 aliphatic carbocycles. The zero-order chi connectivity index (χ0) is 14.3. The zero-order valence-corrected chi connectivity index (χ0v) is 11.7. The van der Waals surface area contributed by atoms with Crippen LogP contribution in [0.3, 0.4) is 0 Å². The second-order valence-electron chi connectivity index (χ2n) is 3.40. The lowest BCUT2D eigenvalue weighted by Crippen LogP contribution is -2.31. The van der Waals surface area contributed by atoms with E-state index >= 15 is 0 Å². The lowest BCUT2D eigenvalue weighted by Gasteiger charge is -2.03. The summed E-state index contributed by atoms with van der Waals surface area (Å²) >= 11 is 3.28. The highest BCUT2D eigenvalue weighted by Gasteiger charge is 2.13. The number of nitrogens with zero attached hydrogens (tertiary/aromatic N) is 1. The molecule has 0 heterocycles. The Hall–Kier alpha value is -2.13. The van der Waals surface area contributed by atoms with E-state index in [1.807, 2.05) is 5.32 Å². The molecule has 0 aliphatic heterocycles. The standard InChI is InChI=1S/C13H11BrN2O3/c1-2-19-13(18)16-12(17)10(8-15)7-9-3-5-11(14)6-4-9/h3-7H,2H2,1H3,(H,16,17,18). The normalized spacial score (nSPS) is 10.5. The summed E-state index contributed by atoms with van der Waals surface area (Å²) in [7, 11) is 0. The first-order valence-electron chi connectivity index (χ1n) is 5.42. The van der Waals surface area contributed by atoms with Crippen molar-refractivity contribution in [3.8, 4) is 6.07 Å². The highest BCUT2D eigenvalue weighted by atomic mass is 79.9. The molecule has 0 atom stereocenters. The number of ether oxygens (including phenoxy) is 1. The molecular formula is C13H11BrN2O3. The number of hydrogen-bond acceptors (Lipinski definition) is 4. The Kier molecular flexibility index (Phi) is 5.76. The molecule has 19 heavy (non-hydrogen) atoms. The number of rotatable bonds is 3. The van der Waals surface area contributed by atoms with E-state index in [4.69, 9.17) is 5.26 Å². The highest BCUT2D eigenvalue weighted by molar-refractivity contribution is 9.10. The zero-order valence-electron chi connectivity index (χ0n) is 10.1. The molecule has 2 amide bonds. The highest BCUT2D eigenvalue weighted by Crippen LogP contribution is 2.13. The Labute approximate surface area is 119 Å². The molecule has 0 saturated carbocycles. The van der Waals surface area contributed by atoms with Crippen LogP contribution >= 0.6 is 15.9 Å². The molecule has 98 valence electrons. The number of halogens is 1. The molecule has 0 aliphatic rings. The summed E-state index contributed by atoms with van der Waals surface area (Å²) in [5.74, 6) is -0.788. The minimum absolute atomic E-state index is 0.150. The van der Waals surface area contributed by atoms with E-state index in [1.54, 1.807) is 37.3 Å². The SMILES string of the molecule is CCOC(=O)NC(=O)C(C#N)=Cc1ccc(Br)cc1. The van der Waals surface area contributed by atoms with Crippen LogP contribution in [-0.2, 0) is 9.53 Å². The molecule has 0 saturated heterocycles. The third-order valence-corrected chi connectivity index (χ3v) is 2.57. The Bertz CT molecular complexity index is 544. The third-order valence-electron chi connectivity index (χ3n) is 2.04. The molecule has 0 radical (unpaired) electrons. The van der Waals surface area contributed by atoms with Gasteiger partial charge in [-0.15, -0.1) is 0 Å². The topological polar surface area (TPSA) is 79.2 Å². The molecule has 1 rings (SSSR count). The van der Waals surface area contributed by atoms with Gasteiger partial charge in [0.2, 0.25) is 0 Å². The summed E-state index contributed by atoms with van der Waals surface area (Å²) in [4.78, 5) is 22.7. The van der Waals surface area contributed by atoms with Crippen LogP contribution in [0.5, 0.6) is 0 Å². The predicted molar refractivity (Wildman–Crippen MR) is 72.9 cm³/mol. The molecular weight excluding hydrogens is 312 g/mol. The summed E-state index contributed by atoms with van der Waals surface area (Å²) in [6, 6.07) is 8.78. The van der Waals surface area contributed by atoms with Crippen molar-refractivity contribution in [1.29, 1.82) is 5.26 Å². The van der Waals surface area contributed by atoms with Crippen LogP contribution in [0.1, 0.15) is 12.5 Å². The lowest BCUT2D eigenvalue weighted by molar-refractivity contribution is -0.116. The molecule has 0 unspecified atom stereocenters.